The fourth-order valence-corrected chi connectivity index (χ4v) is 5.70. The van der Waals surface area contributed by atoms with Crippen LogP contribution in [-0.4, -0.2) is 52.8 Å². The molecule has 8 heteroatoms. The average Bonchev–Trinajstić information content (AvgIpc) is 3.02. The molecule has 1 aliphatic heterocycles. The fraction of sp³-hybridized carbons (Fsp3) is 0.407. The number of rotatable bonds is 9. The molecule has 2 aromatic carbocycles. The molecule has 1 aromatic heterocycles. The highest BCUT2D eigenvalue weighted by Gasteiger charge is 2.38. The molecule has 186 valence electrons. The van der Waals surface area contributed by atoms with Crippen LogP contribution in [0.3, 0.4) is 0 Å². The number of aromatic nitrogens is 1. The van der Waals surface area contributed by atoms with Crippen LogP contribution >= 0.6 is 23.4 Å². The van der Waals surface area contributed by atoms with E-state index >= 15 is 0 Å². The lowest BCUT2D eigenvalue weighted by Gasteiger charge is -2.30. The molecule has 35 heavy (non-hydrogen) atoms. The van der Waals surface area contributed by atoms with Gasteiger partial charge in [-0.05, 0) is 50.5 Å². The molecular weight excluding hydrogens is 482 g/mol. The number of thioether (sulfide) groups is 1. The zero-order chi connectivity index (χ0) is 24.9. The third-order valence-corrected chi connectivity index (χ3v) is 7.61. The van der Waals surface area contributed by atoms with Crippen LogP contribution in [0.25, 0.3) is 10.9 Å². The van der Waals surface area contributed by atoms with Gasteiger partial charge < -0.3 is 19.5 Å². The first kappa shape index (κ1) is 25.6. The van der Waals surface area contributed by atoms with Gasteiger partial charge in [0.1, 0.15) is 6.04 Å². The highest BCUT2D eigenvalue weighted by Crippen LogP contribution is 2.41. The predicted octanol–water partition coefficient (Wildman–Crippen LogP) is 4.98. The molecule has 0 radical (unpaired) electrons. The van der Waals surface area contributed by atoms with Crippen molar-refractivity contribution >= 4 is 46.1 Å². The van der Waals surface area contributed by atoms with E-state index in [0.717, 1.165) is 27.1 Å². The van der Waals surface area contributed by atoms with Gasteiger partial charge in [0.25, 0.3) is 0 Å². The van der Waals surface area contributed by atoms with Gasteiger partial charge in [0.2, 0.25) is 11.8 Å². The van der Waals surface area contributed by atoms with Crippen LogP contribution in [-0.2, 0) is 27.8 Å². The molecule has 0 fully saturated rings. The summed E-state index contributed by atoms with van der Waals surface area (Å²) in [4.78, 5) is 28.8. The Morgan fingerprint density at radius 1 is 1.20 bits per heavy atom. The standard InChI is InChI=1S/C27H32ClN3O3S/c1-18(2)34-16-6-14-29-26(33)25-24-21-7-4-5-8-22(21)30(3)27(24)35-17-23(32)31(25)15-13-19-9-11-20(28)12-10-19/h4-5,7-12,18,25H,6,13-17H2,1-3H3,(H,29,33)/t25-/m1/s1. The zero-order valence-electron chi connectivity index (χ0n) is 20.4. The van der Waals surface area contributed by atoms with Gasteiger partial charge in [0, 0.05) is 48.2 Å². The number of hydrogen-bond donors (Lipinski definition) is 1. The van der Waals surface area contributed by atoms with E-state index in [0.29, 0.717) is 43.3 Å². The highest BCUT2D eigenvalue weighted by atomic mass is 35.5. The zero-order valence-corrected chi connectivity index (χ0v) is 22.0. The van der Waals surface area contributed by atoms with Crippen LogP contribution in [0.15, 0.2) is 53.6 Å². The summed E-state index contributed by atoms with van der Waals surface area (Å²) in [5.74, 6) is 0.107. The van der Waals surface area contributed by atoms with E-state index < -0.39 is 6.04 Å². The highest BCUT2D eigenvalue weighted by molar-refractivity contribution is 8.00. The largest absolute Gasteiger partial charge is 0.379 e. The van der Waals surface area contributed by atoms with E-state index in [1.54, 1.807) is 4.90 Å². The third-order valence-electron chi connectivity index (χ3n) is 6.20. The Bertz CT molecular complexity index is 1190. The van der Waals surface area contributed by atoms with E-state index in [9.17, 15) is 9.59 Å². The van der Waals surface area contributed by atoms with Crippen molar-refractivity contribution in [3.63, 3.8) is 0 Å². The maximum atomic E-state index is 13.7. The summed E-state index contributed by atoms with van der Waals surface area (Å²) in [7, 11) is 2.00. The first-order chi connectivity index (χ1) is 16.9. The number of amides is 2. The molecule has 0 saturated heterocycles. The minimum Gasteiger partial charge on any atom is -0.379 e. The molecule has 0 unspecified atom stereocenters. The van der Waals surface area contributed by atoms with Crippen LogP contribution in [0, 0.1) is 0 Å². The van der Waals surface area contributed by atoms with Crippen molar-refractivity contribution < 1.29 is 14.3 Å². The van der Waals surface area contributed by atoms with Crippen LogP contribution in [0.5, 0.6) is 0 Å². The Labute approximate surface area is 216 Å². The molecule has 2 heterocycles. The number of carbonyl (C=O) groups excluding carboxylic acids is 2. The number of aryl methyl sites for hydroxylation is 1. The summed E-state index contributed by atoms with van der Waals surface area (Å²) >= 11 is 7.55. The monoisotopic (exact) mass is 513 g/mol. The number of ether oxygens (including phenoxy) is 1. The van der Waals surface area contributed by atoms with Crippen molar-refractivity contribution in [3.8, 4) is 0 Å². The van der Waals surface area contributed by atoms with E-state index in [1.165, 1.54) is 11.8 Å². The first-order valence-electron chi connectivity index (χ1n) is 12.0. The average molecular weight is 514 g/mol. The molecule has 2 amide bonds. The van der Waals surface area contributed by atoms with Gasteiger partial charge in [-0.25, -0.2) is 0 Å². The summed E-state index contributed by atoms with van der Waals surface area (Å²) in [5.41, 5.74) is 3.04. The molecule has 6 nitrogen and oxygen atoms in total. The summed E-state index contributed by atoms with van der Waals surface area (Å²) in [6, 6.07) is 15.0. The Hall–Kier alpha value is -2.48. The lowest BCUT2D eigenvalue weighted by Crippen LogP contribution is -2.45. The van der Waals surface area contributed by atoms with E-state index in [1.807, 2.05) is 63.4 Å². The van der Waals surface area contributed by atoms with E-state index in [2.05, 4.69) is 16.0 Å². The summed E-state index contributed by atoms with van der Waals surface area (Å²) < 4.78 is 7.71. The number of nitrogens with one attached hydrogen (secondary N) is 1. The Kier molecular flexibility index (Phi) is 8.42. The molecule has 0 spiro atoms. The number of nitrogens with zero attached hydrogens (tertiary/aromatic N) is 2. The molecule has 4 rings (SSSR count). The quantitative estimate of drug-likeness (QED) is 0.410. The number of benzene rings is 2. The number of fused-ring (bicyclic) bond motifs is 3. The summed E-state index contributed by atoms with van der Waals surface area (Å²) in [6.07, 6.45) is 1.51. The van der Waals surface area contributed by atoms with Gasteiger partial charge in [-0.15, -0.1) is 0 Å². The predicted molar refractivity (Wildman–Crippen MR) is 142 cm³/mol. The Balaban J connectivity index is 1.65. The number of para-hydroxylation sites is 1. The number of hydrogen-bond acceptors (Lipinski definition) is 4. The van der Waals surface area contributed by atoms with Crippen LogP contribution in [0.2, 0.25) is 5.02 Å². The van der Waals surface area contributed by atoms with Gasteiger partial charge in [-0.3, -0.25) is 9.59 Å². The molecule has 1 aliphatic rings. The second-order valence-corrected chi connectivity index (χ2v) is 10.4. The van der Waals surface area contributed by atoms with Gasteiger partial charge >= 0.3 is 0 Å². The van der Waals surface area contributed by atoms with E-state index in [-0.39, 0.29) is 17.9 Å². The maximum Gasteiger partial charge on any atom is 0.247 e. The second-order valence-electron chi connectivity index (χ2n) is 9.01. The first-order valence-corrected chi connectivity index (χ1v) is 13.4. The van der Waals surface area contributed by atoms with Gasteiger partial charge in [-0.1, -0.05) is 53.7 Å². The molecule has 0 aliphatic carbocycles. The van der Waals surface area contributed by atoms with Crippen molar-refractivity contribution in [2.24, 2.45) is 7.05 Å². The second kappa shape index (κ2) is 11.5. The molecule has 0 bridgehead atoms. The topological polar surface area (TPSA) is 63.6 Å². The fourth-order valence-electron chi connectivity index (χ4n) is 4.48. The van der Waals surface area contributed by atoms with Crippen LogP contribution in [0.1, 0.15) is 37.4 Å². The van der Waals surface area contributed by atoms with Crippen molar-refractivity contribution in [3.05, 3.63) is 64.7 Å². The van der Waals surface area contributed by atoms with Crippen molar-refractivity contribution in [2.75, 3.05) is 25.4 Å². The van der Waals surface area contributed by atoms with E-state index in [4.69, 9.17) is 16.3 Å². The Morgan fingerprint density at radius 3 is 2.69 bits per heavy atom. The molecular formula is C27H32ClN3O3S. The van der Waals surface area contributed by atoms with Crippen molar-refractivity contribution in [2.45, 2.75) is 43.9 Å². The molecule has 1 atom stereocenters. The normalized spacial score (nSPS) is 16.0. The summed E-state index contributed by atoms with van der Waals surface area (Å²) in [6.45, 7) is 5.51. The molecule has 3 aromatic rings. The van der Waals surface area contributed by atoms with Crippen molar-refractivity contribution in [1.29, 1.82) is 0 Å². The lowest BCUT2D eigenvalue weighted by molar-refractivity contribution is -0.138. The SMILES string of the molecule is CC(C)OCCCNC(=O)[C@H]1c2c(n(C)c3ccccc23)SCC(=O)N1CCc1ccc(Cl)cc1. The van der Waals surface area contributed by atoms with Crippen molar-refractivity contribution in [1.82, 2.24) is 14.8 Å². The number of carbonyl (C=O) groups is 2. The minimum atomic E-state index is -0.697. The minimum absolute atomic E-state index is 0.0347. The third kappa shape index (κ3) is 5.85. The lowest BCUT2D eigenvalue weighted by atomic mass is 10.0. The molecule has 1 N–H and O–H groups in total. The van der Waals surface area contributed by atoms with Gasteiger partial charge in [0.15, 0.2) is 0 Å². The smallest absolute Gasteiger partial charge is 0.247 e. The van der Waals surface area contributed by atoms with Gasteiger partial charge in [0.05, 0.1) is 16.9 Å². The van der Waals surface area contributed by atoms with Crippen LogP contribution < -0.4 is 5.32 Å². The Morgan fingerprint density at radius 2 is 1.94 bits per heavy atom. The van der Waals surface area contributed by atoms with Gasteiger partial charge in [-0.2, -0.15) is 0 Å². The van der Waals surface area contributed by atoms with Crippen LogP contribution in [0.4, 0.5) is 0 Å². The maximum absolute atomic E-state index is 13.7. The molecule has 0 saturated carbocycles. The number of halogens is 1. The summed E-state index contributed by atoms with van der Waals surface area (Å²) in [5, 5.41) is 5.73.